The van der Waals surface area contributed by atoms with Gasteiger partial charge in [0.05, 0.1) is 36.7 Å². The lowest BCUT2D eigenvalue weighted by Gasteiger charge is -2.41. The summed E-state index contributed by atoms with van der Waals surface area (Å²) in [5, 5.41) is 27.6. The van der Waals surface area contributed by atoms with Crippen molar-refractivity contribution < 1.29 is 47.7 Å². The third-order valence-corrected chi connectivity index (χ3v) is 10.2. The number of hydrogen-bond acceptors (Lipinski definition) is 10. The van der Waals surface area contributed by atoms with E-state index in [1.807, 2.05) is 42.5 Å². The molecule has 2 heterocycles. The fraction of sp³-hybridized carbons (Fsp3) is 0.0952. The number of benzene rings is 5. The van der Waals surface area contributed by atoms with E-state index in [9.17, 15) is 29.4 Å². The first-order chi connectivity index (χ1) is 26.2. The molecule has 0 aliphatic heterocycles. The van der Waals surface area contributed by atoms with E-state index in [1.165, 1.54) is 50.6 Å². The van der Waals surface area contributed by atoms with Crippen LogP contribution in [0.2, 0.25) is 0 Å². The minimum atomic E-state index is -0.734. The van der Waals surface area contributed by atoms with Crippen LogP contribution in [-0.4, -0.2) is 48.2 Å². The van der Waals surface area contributed by atoms with Gasteiger partial charge in [0.15, 0.2) is 11.5 Å². The number of nitrogens with one attached hydrogen (secondary N) is 2. The van der Waals surface area contributed by atoms with Crippen LogP contribution in [0.1, 0.15) is 87.0 Å². The molecule has 5 aromatic carbocycles. The van der Waals surface area contributed by atoms with Gasteiger partial charge in [-0.2, -0.15) is 0 Å². The zero-order chi connectivity index (χ0) is 37.4. The Morgan fingerprint density at radius 2 is 1.00 bits per heavy atom. The van der Waals surface area contributed by atoms with Gasteiger partial charge in [0, 0.05) is 33.7 Å². The first-order valence-corrected chi connectivity index (χ1v) is 16.8. The second kappa shape index (κ2) is 12.1. The lowest BCUT2D eigenvalue weighted by Crippen LogP contribution is -2.27. The highest BCUT2D eigenvalue weighted by Gasteiger charge is 2.45. The van der Waals surface area contributed by atoms with Gasteiger partial charge >= 0.3 is 11.9 Å². The first kappa shape index (κ1) is 32.6. The van der Waals surface area contributed by atoms with Gasteiger partial charge in [-0.3, -0.25) is 9.59 Å². The lowest BCUT2D eigenvalue weighted by molar-refractivity contribution is 0.0592. The molecule has 266 valence electrons. The molecule has 2 bridgehead atoms. The second-order valence-electron chi connectivity index (χ2n) is 13.0. The summed E-state index contributed by atoms with van der Waals surface area (Å²) in [6.07, 6.45) is 0. The Balaban J connectivity index is 1.15. The molecule has 10 rings (SSSR count). The van der Waals surface area contributed by atoms with Crippen molar-refractivity contribution in [3.63, 3.8) is 0 Å². The number of hydrogen-bond donors (Lipinski definition) is 4. The summed E-state index contributed by atoms with van der Waals surface area (Å²) in [7, 11) is 2.41. The molecule has 2 aromatic heterocycles. The van der Waals surface area contributed by atoms with Gasteiger partial charge in [0.1, 0.15) is 22.7 Å². The van der Waals surface area contributed by atoms with E-state index in [4.69, 9.17) is 18.3 Å². The van der Waals surface area contributed by atoms with Gasteiger partial charge in [-0.15, -0.1) is 0 Å². The third-order valence-electron chi connectivity index (χ3n) is 10.2. The predicted octanol–water partition coefficient (Wildman–Crippen LogP) is 7.66. The number of ether oxygens (including phenoxy) is 2. The quantitative estimate of drug-likeness (QED) is 0.0985. The van der Waals surface area contributed by atoms with Gasteiger partial charge < -0.3 is 39.2 Å². The zero-order valence-corrected chi connectivity index (χ0v) is 28.6. The van der Waals surface area contributed by atoms with Crippen LogP contribution in [-0.2, 0) is 9.47 Å². The maximum atomic E-state index is 13.6. The van der Waals surface area contributed by atoms with Crippen LogP contribution in [0.4, 0.5) is 11.4 Å². The van der Waals surface area contributed by atoms with E-state index in [-0.39, 0.29) is 51.4 Å². The van der Waals surface area contributed by atoms with Gasteiger partial charge in [-0.05, 0) is 58.7 Å². The van der Waals surface area contributed by atoms with Crippen LogP contribution < -0.4 is 10.6 Å². The van der Waals surface area contributed by atoms with Crippen molar-refractivity contribution in [1.29, 1.82) is 0 Å². The monoisotopic (exact) mass is 720 g/mol. The molecule has 0 atom stereocenters. The molecule has 0 saturated carbocycles. The highest BCUT2D eigenvalue weighted by molar-refractivity contribution is 6.11. The number of methoxy groups -OCH3 is 2. The standard InChI is InChI=1S/C42H28N2O10/c1-51-41(49)25-9-5-11-27(45)35(25)43-39(47)29-17-19-13-15-23-31-21-7-3-4-8-22(21)32(33(23)37(19)53-29)34-24(31)16-14-20-18-30(54-38(20)34)40(48)44-36-26(42(50)52-2)10-6-12-28(36)46/h3-18,31-32,45-46H,1-2H3,(H,43,47)(H,44,48). The van der Waals surface area contributed by atoms with Crippen LogP contribution in [0, 0.1) is 0 Å². The average Bonchev–Trinajstić information content (AvgIpc) is 3.84. The summed E-state index contributed by atoms with van der Waals surface area (Å²) in [5.41, 5.74) is 6.49. The molecule has 7 aromatic rings. The molecule has 54 heavy (non-hydrogen) atoms. The van der Waals surface area contributed by atoms with E-state index < -0.39 is 29.7 Å². The maximum Gasteiger partial charge on any atom is 0.340 e. The largest absolute Gasteiger partial charge is 0.506 e. The number of phenolic OH excluding ortho intramolecular Hbond substituents is 2. The number of carbonyl (C=O) groups excluding carboxylic acids is 4. The summed E-state index contributed by atoms with van der Waals surface area (Å²) in [6.45, 7) is 0. The van der Waals surface area contributed by atoms with Crippen LogP contribution in [0.25, 0.3) is 21.9 Å². The van der Waals surface area contributed by atoms with Crippen LogP contribution in [0.5, 0.6) is 11.5 Å². The van der Waals surface area contributed by atoms with Crippen LogP contribution in [0.3, 0.4) is 0 Å². The molecule has 12 heteroatoms. The van der Waals surface area contributed by atoms with Crippen molar-refractivity contribution >= 4 is 57.1 Å². The van der Waals surface area contributed by atoms with Crippen molar-refractivity contribution in [3.05, 3.63) is 153 Å². The molecule has 12 nitrogen and oxygen atoms in total. The number of phenols is 2. The minimum Gasteiger partial charge on any atom is -0.506 e. The molecule has 2 amide bonds. The zero-order valence-electron chi connectivity index (χ0n) is 28.6. The van der Waals surface area contributed by atoms with E-state index in [0.717, 1.165) is 33.4 Å². The predicted molar refractivity (Wildman–Crippen MR) is 196 cm³/mol. The second-order valence-corrected chi connectivity index (χ2v) is 13.0. The fourth-order valence-corrected chi connectivity index (χ4v) is 7.85. The van der Waals surface area contributed by atoms with E-state index in [1.54, 1.807) is 12.1 Å². The van der Waals surface area contributed by atoms with Gasteiger partial charge in [-0.25, -0.2) is 9.59 Å². The number of rotatable bonds is 6. The van der Waals surface area contributed by atoms with Crippen molar-refractivity contribution in [2.75, 3.05) is 24.9 Å². The van der Waals surface area contributed by atoms with Gasteiger partial charge in [-0.1, -0.05) is 60.7 Å². The lowest BCUT2D eigenvalue weighted by atomic mass is 9.60. The first-order valence-electron chi connectivity index (χ1n) is 16.8. The topological polar surface area (TPSA) is 178 Å². The van der Waals surface area contributed by atoms with Crippen molar-refractivity contribution in [3.8, 4) is 11.5 Å². The fourth-order valence-electron chi connectivity index (χ4n) is 7.85. The summed E-state index contributed by atoms with van der Waals surface area (Å²) >= 11 is 0. The summed E-state index contributed by atoms with van der Waals surface area (Å²) in [4.78, 5) is 52.0. The molecule has 0 unspecified atom stereocenters. The Hall–Kier alpha value is -7.34. The Morgan fingerprint density at radius 1 is 0.556 bits per heavy atom. The molecule has 3 aliphatic rings. The smallest absolute Gasteiger partial charge is 0.340 e. The summed E-state index contributed by atoms with van der Waals surface area (Å²) in [6, 6.07) is 27.6. The molecular formula is C42H28N2O10. The van der Waals surface area contributed by atoms with Crippen molar-refractivity contribution in [2.45, 2.75) is 11.8 Å². The Labute approximate surface area is 305 Å². The SMILES string of the molecule is COC(=O)c1cccc(O)c1NC(=O)c1cc2ccc3c(c2o1)C1c2ccccc2C3c2ccc3cc(C(=O)Nc4c(O)cccc4C(=O)OC)oc3c21. The van der Waals surface area contributed by atoms with E-state index in [2.05, 4.69) is 16.7 Å². The Kier molecular flexibility index (Phi) is 7.31. The Morgan fingerprint density at radius 3 is 1.44 bits per heavy atom. The van der Waals surface area contributed by atoms with Crippen LogP contribution >= 0.6 is 0 Å². The molecular weight excluding hydrogens is 692 g/mol. The average molecular weight is 721 g/mol. The number of fused-ring (bicyclic) bond motifs is 2. The van der Waals surface area contributed by atoms with Crippen molar-refractivity contribution in [1.82, 2.24) is 0 Å². The molecule has 0 spiro atoms. The Bertz CT molecular complexity index is 2610. The number of aromatic hydroxyl groups is 2. The highest BCUT2D eigenvalue weighted by Crippen LogP contribution is 2.59. The van der Waals surface area contributed by atoms with Gasteiger partial charge in [0.2, 0.25) is 0 Å². The molecule has 4 N–H and O–H groups in total. The number of para-hydroxylation sites is 2. The third kappa shape index (κ3) is 4.77. The summed E-state index contributed by atoms with van der Waals surface area (Å²) in [5.74, 6) is -4.19. The summed E-state index contributed by atoms with van der Waals surface area (Å²) < 4.78 is 22.4. The van der Waals surface area contributed by atoms with E-state index in [0.29, 0.717) is 21.9 Å². The molecule has 3 aliphatic carbocycles. The van der Waals surface area contributed by atoms with Crippen molar-refractivity contribution in [2.24, 2.45) is 0 Å². The highest BCUT2D eigenvalue weighted by atomic mass is 16.5. The molecule has 0 fully saturated rings. The number of anilines is 2. The number of carbonyl (C=O) groups is 4. The maximum absolute atomic E-state index is 13.6. The number of amides is 2. The minimum absolute atomic E-state index is 0.0233. The van der Waals surface area contributed by atoms with Gasteiger partial charge in [0.25, 0.3) is 11.8 Å². The van der Waals surface area contributed by atoms with E-state index >= 15 is 0 Å². The number of esters is 2. The molecule has 0 saturated heterocycles. The molecule has 0 radical (unpaired) electrons. The normalized spacial score (nSPS) is 14.9. The number of furan rings is 2. The van der Waals surface area contributed by atoms with Crippen LogP contribution in [0.15, 0.2) is 106 Å².